The highest BCUT2D eigenvalue weighted by molar-refractivity contribution is 4.73. The molecule has 0 spiro atoms. The van der Waals surface area contributed by atoms with E-state index in [-0.39, 0.29) is 13.2 Å². The zero-order chi connectivity index (χ0) is 10.4. The van der Waals surface area contributed by atoms with Crippen LogP contribution in [0.4, 0.5) is 0 Å². The molecule has 0 amide bonds. The van der Waals surface area contributed by atoms with Crippen LogP contribution in [0.3, 0.4) is 0 Å². The molecule has 0 aromatic rings. The van der Waals surface area contributed by atoms with Gasteiger partial charge in [-0.1, -0.05) is 12.2 Å². The van der Waals surface area contributed by atoms with Gasteiger partial charge in [-0.15, -0.1) is 0 Å². The minimum Gasteiger partial charge on any atom is -0.473 e. The van der Waals surface area contributed by atoms with Crippen molar-refractivity contribution in [3.63, 3.8) is 0 Å². The van der Waals surface area contributed by atoms with E-state index in [0.717, 1.165) is 12.8 Å². The second-order valence-electron chi connectivity index (χ2n) is 2.23. The molecule has 0 fully saturated rings. The average Bonchev–Trinajstić information content (AvgIpc) is 2.17. The van der Waals surface area contributed by atoms with Crippen molar-refractivity contribution >= 4 is 0 Å². The highest BCUT2D eigenvalue weighted by Gasteiger charge is 1.77. The van der Waals surface area contributed by atoms with Crippen LogP contribution in [-0.4, -0.2) is 23.4 Å². The van der Waals surface area contributed by atoms with Gasteiger partial charge in [0.25, 0.3) is 0 Å². The summed E-state index contributed by atoms with van der Waals surface area (Å²) in [4.78, 5) is 0. The first kappa shape index (κ1) is 14.7. The van der Waals surface area contributed by atoms with Crippen LogP contribution in [0.15, 0.2) is 24.7 Å². The third kappa shape index (κ3) is 24.7. The van der Waals surface area contributed by atoms with Gasteiger partial charge >= 0.3 is 0 Å². The lowest BCUT2D eigenvalue weighted by atomic mass is 10.3. The highest BCUT2D eigenvalue weighted by Crippen LogP contribution is 1.80. The smallest absolute Gasteiger partial charge is 0.0858 e. The molecule has 0 saturated heterocycles. The maximum Gasteiger partial charge on any atom is 0.0858 e. The fourth-order valence-electron chi connectivity index (χ4n) is 0.426. The van der Waals surface area contributed by atoms with E-state index in [4.69, 9.17) is 14.9 Å². The molecule has 0 aliphatic rings. The number of aliphatic hydroxyl groups is 2. The topological polar surface area (TPSA) is 49.7 Å². The van der Waals surface area contributed by atoms with Crippen LogP contribution in [0.5, 0.6) is 0 Å². The lowest BCUT2D eigenvalue weighted by molar-refractivity contribution is 0.242. The Hall–Kier alpha value is -0.800. The summed E-state index contributed by atoms with van der Waals surface area (Å²) in [5, 5.41) is 16.2. The van der Waals surface area contributed by atoms with Crippen LogP contribution in [0, 0.1) is 0 Å². The molecule has 0 radical (unpaired) electrons. The quantitative estimate of drug-likeness (QED) is 0.511. The summed E-state index contributed by atoms with van der Waals surface area (Å²) in [5.74, 6) is 0. The van der Waals surface area contributed by atoms with E-state index in [1.165, 1.54) is 0 Å². The van der Waals surface area contributed by atoms with Gasteiger partial charge in [0.05, 0.1) is 12.5 Å². The minimum absolute atomic E-state index is 0.195. The zero-order valence-corrected chi connectivity index (χ0v) is 8.44. The molecule has 0 rings (SSSR count). The second kappa shape index (κ2) is 17.3. The maximum absolute atomic E-state index is 8.09. The molecule has 0 heterocycles. The Morgan fingerprint density at radius 3 is 1.54 bits per heavy atom. The molecule has 0 atom stereocenters. The van der Waals surface area contributed by atoms with Crippen molar-refractivity contribution in [3.05, 3.63) is 24.7 Å². The largest absolute Gasteiger partial charge is 0.473 e. The number of unbranched alkanes of at least 4 members (excludes halogenated alkanes) is 1. The summed E-state index contributed by atoms with van der Waals surface area (Å²) in [6.45, 7) is 4.20. The van der Waals surface area contributed by atoms with Crippen LogP contribution in [0.1, 0.15) is 26.7 Å². The first-order valence-electron chi connectivity index (χ1n) is 4.43. The number of hydrogen-bond acceptors (Lipinski definition) is 3. The number of hydrogen-bond donors (Lipinski definition) is 2. The molecule has 0 bridgehead atoms. The molecule has 3 heteroatoms. The Morgan fingerprint density at radius 1 is 0.923 bits per heavy atom. The molecule has 0 aromatic carbocycles. The normalized spacial score (nSPS) is 10.2. The third-order valence-electron chi connectivity index (χ3n) is 0.996. The van der Waals surface area contributed by atoms with E-state index in [2.05, 4.69) is 0 Å². The van der Waals surface area contributed by atoms with Crippen molar-refractivity contribution in [1.82, 2.24) is 0 Å². The molecule has 0 aliphatic heterocycles. The number of rotatable bonds is 5. The standard InChI is InChI=1S/C6H10O.C4H10O2/c1-3-5-7-6-4-2;5-3-1-2-4-6/h3-6H,1-2H3;5-6H,1-4H2. The van der Waals surface area contributed by atoms with Crippen LogP contribution < -0.4 is 0 Å². The predicted octanol–water partition coefficient (Wildman–Crippen LogP) is 1.82. The Balaban J connectivity index is 0. The van der Waals surface area contributed by atoms with E-state index < -0.39 is 0 Å². The van der Waals surface area contributed by atoms with E-state index in [1.54, 1.807) is 12.5 Å². The van der Waals surface area contributed by atoms with Crippen LogP contribution in [0.2, 0.25) is 0 Å². The summed E-state index contributed by atoms with van der Waals surface area (Å²) in [6.07, 6.45) is 8.35. The summed E-state index contributed by atoms with van der Waals surface area (Å²) < 4.78 is 4.77. The van der Waals surface area contributed by atoms with Gasteiger partial charge in [0.2, 0.25) is 0 Å². The highest BCUT2D eigenvalue weighted by atomic mass is 16.5. The monoisotopic (exact) mass is 188 g/mol. The molecule has 0 unspecified atom stereocenters. The van der Waals surface area contributed by atoms with Crippen molar-refractivity contribution in [2.45, 2.75) is 26.7 Å². The van der Waals surface area contributed by atoms with Gasteiger partial charge in [0, 0.05) is 13.2 Å². The van der Waals surface area contributed by atoms with Crippen LogP contribution >= 0.6 is 0 Å². The van der Waals surface area contributed by atoms with Gasteiger partial charge < -0.3 is 14.9 Å². The molecule has 0 aromatic heterocycles. The van der Waals surface area contributed by atoms with Gasteiger partial charge in [0.15, 0.2) is 0 Å². The van der Waals surface area contributed by atoms with E-state index >= 15 is 0 Å². The summed E-state index contributed by atoms with van der Waals surface area (Å²) in [7, 11) is 0. The number of ether oxygens (including phenoxy) is 1. The predicted molar refractivity (Wildman–Crippen MR) is 54.1 cm³/mol. The van der Waals surface area contributed by atoms with Crippen LogP contribution in [-0.2, 0) is 4.74 Å². The van der Waals surface area contributed by atoms with Gasteiger partial charge in [-0.3, -0.25) is 0 Å². The number of allylic oxidation sites excluding steroid dienone is 2. The van der Waals surface area contributed by atoms with Crippen molar-refractivity contribution in [3.8, 4) is 0 Å². The van der Waals surface area contributed by atoms with Gasteiger partial charge in [-0.2, -0.15) is 0 Å². The Labute approximate surface area is 80.4 Å². The Kier molecular flexibility index (Phi) is 19.6. The van der Waals surface area contributed by atoms with E-state index in [9.17, 15) is 0 Å². The van der Waals surface area contributed by atoms with Crippen molar-refractivity contribution < 1.29 is 14.9 Å². The Bertz CT molecular complexity index is 105. The molecular formula is C10H20O3. The van der Waals surface area contributed by atoms with Gasteiger partial charge in [-0.25, -0.2) is 0 Å². The first-order valence-corrected chi connectivity index (χ1v) is 4.43. The lowest BCUT2D eigenvalue weighted by Gasteiger charge is -1.85. The molecular weight excluding hydrogens is 168 g/mol. The maximum atomic E-state index is 8.09. The summed E-state index contributed by atoms with van der Waals surface area (Å²) >= 11 is 0. The summed E-state index contributed by atoms with van der Waals surface area (Å²) in [5.41, 5.74) is 0. The van der Waals surface area contributed by atoms with Crippen molar-refractivity contribution in [1.29, 1.82) is 0 Å². The van der Waals surface area contributed by atoms with Crippen molar-refractivity contribution in [2.24, 2.45) is 0 Å². The molecule has 13 heavy (non-hydrogen) atoms. The molecule has 0 saturated carbocycles. The fraction of sp³-hybridized carbons (Fsp3) is 0.600. The van der Waals surface area contributed by atoms with Gasteiger partial charge in [-0.05, 0) is 26.7 Å². The number of aliphatic hydroxyl groups excluding tert-OH is 2. The zero-order valence-electron chi connectivity index (χ0n) is 8.44. The summed E-state index contributed by atoms with van der Waals surface area (Å²) in [6, 6.07) is 0. The average molecular weight is 188 g/mol. The second-order valence-corrected chi connectivity index (χ2v) is 2.23. The lowest BCUT2D eigenvalue weighted by Crippen LogP contribution is -1.85. The minimum atomic E-state index is 0.195. The van der Waals surface area contributed by atoms with Gasteiger partial charge in [0.1, 0.15) is 0 Å². The SMILES string of the molecule is CC=COC=CC.OCCCCO. The molecule has 2 N–H and O–H groups in total. The molecule has 78 valence electrons. The first-order chi connectivity index (χ1) is 6.33. The third-order valence-corrected chi connectivity index (χ3v) is 0.996. The molecule has 0 aliphatic carbocycles. The van der Waals surface area contributed by atoms with Crippen molar-refractivity contribution in [2.75, 3.05) is 13.2 Å². The Morgan fingerprint density at radius 2 is 1.31 bits per heavy atom. The van der Waals surface area contributed by atoms with E-state index in [1.807, 2.05) is 26.0 Å². The van der Waals surface area contributed by atoms with Crippen LogP contribution in [0.25, 0.3) is 0 Å². The van der Waals surface area contributed by atoms with E-state index in [0.29, 0.717) is 0 Å². The fourth-order valence-corrected chi connectivity index (χ4v) is 0.426. The molecule has 3 nitrogen and oxygen atoms in total.